The van der Waals surface area contributed by atoms with Gasteiger partial charge in [-0.3, -0.25) is 0 Å². The molecule has 2 fully saturated rings. The maximum absolute atomic E-state index is 8.89. The first-order valence-corrected chi connectivity index (χ1v) is 7.37. The molecule has 0 radical (unpaired) electrons. The van der Waals surface area contributed by atoms with Gasteiger partial charge in [0.2, 0.25) is 0 Å². The molecule has 126 valence electrons. The molecule has 0 N–H and O–H groups in total. The van der Waals surface area contributed by atoms with Crippen molar-refractivity contribution in [3.05, 3.63) is 56.8 Å². The second-order valence-corrected chi connectivity index (χ2v) is 5.35. The third kappa shape index (κ3) is 3.15. The van der Waals surface area contributed by atoms with Crippen LogP contribution in [-0.4, -0.2) is 44.3 Å². The third-order valence-corrected chi connectivity index (χ3v) is 4.01. The molecule has 1 unspecified atom stereocenters. The number of hydrogen-bond acceptors (Lipinski definition) is 6. The van der Waals surface area contributed by atoms with Gasteiger partial charge in [-0.25, -0.2) is 0 Å². The van der Waals surface area contributed by atoms with Gasteiger partial charge in [-0.05, 0) is 11.1 Å². The van der Waals surface area contributed by atoms with Crippen LogP contribution in [0.15, 0.2) is 40.6 Å². The van der Waals surface area contributed by atoms with Crippen molar-refractivity contribution in [2.45, 2.75) is 36.9 Å². The van der Waals surface area contributed by atoms with E-state index >= 15 is 0 Å². The molecule has 24 heavy (non-hydrogen) atoms. The normalized spacial score (nSPS) is 35.2. The fourth-order valence-corrected chi connectivity index (χ4v) is 2.93. The Kier molecular flexibility index (Phi) is 5.17. The topological polar surface area (TPSA) is 134 Å². The minimum Gasteiger partial charge on any atom is -0.355 e. The van der Waals surface area contributed by atoms with Crippen molar-refractivity contribution < 1.29 is 18.9 Å². The molecule has 3 rings (SSSR count). The van der Waals surface area contributed by atoms with Gasteiger partial charge in [0.1, 0.15) is 6.10 Å². The standard InChI is InChI=1S/C14H16N6O4/c1-21-14-11(18-20-16)10(17-19-15)12-9(23-14)7-22-13(24-12)8-5-3-2-4-6-8/h2-6,9-14H,7H2,1H3/t9-,10+,11+,12-,13?,14+/m1/s1. The summed E-state index contributed by atoms with van der Waals surface area (Å²) in [4.78, 5) is 5.66. The quantitative estimate of drug-likeness (QED) is 0.476. The van der Waals surface area contributed by atoms with Crippen LogP contribution in [0.3, 0.4) is 0 Å². The van der Waals surface area contributed by atoms with Crippen LogP contribution < -0.4 is 0 Å². The second-order valence-electron chi connectivity index (χ2n) is 5.35. The van der Waals surface area contributed by atoms with Crippen molar-refractivity contribution >= 4 is 0 Å². The van der Waals surface area contributed by atoms with Crippen molar-refractivity contribution in [2.75, 3.05) is 13.7 Å². The fraction of sp³-hybridized carbons (Fsp3) is 0.571. The lowest BCUT2D eigenvalue weighted by atomic mass is 9.94. The molecular weight excluding hydrogens is 316 g/mol. The SMILES string of the molecule is CO[C@H]1O[C@@H]2COC(c3ccccc3)O[C@H]2[C@@H](N=[N+]=[N-])[C@@H]1N=[N+]=[N-]. The van der Waals surface area contributed by atoms with E-state index in [1.165, 1.54) is 7.11 Å². The Morgan fingerprint density at radius 1 is 1.08 bits per heavy atom. The number of rotatable bonds is 4. The number of azide groups is 2. The average molecular weight is 332 g/mol. The predicted octanol–water partition coefficient (Wildman–Crippen LogP) is 2.83. The molecule has 2 aliphatic heterocycles. The van der Waals surface area contributed by atoms with Gasteiger partial charge in [0.05, 0.1) is 24.8 Å². The molecule has 2 aliphatic rings. The van der Waals surface area contributed by atoms with Gasteiger partial charge in [0.15, 0.2) is 12.6 Å². The maximum Gasteiger partial charge on any atom is 0.184 e. The maximum atomic E-state index is 8.89. The molecule has 2 saturated heterocycles. The molecule has 1 aromatic carbocycles. The monoisotopic (exact) mass is 332 g/mol. The lowest BCUT2D eigenvalue weighted by molar-refractivity contribution is -0.321. The van der Waals surface area contributed by atoms with Crippen molar-refractivity contribution in [3.63, 3.8) is 0 Å². The van der Waals surface area contributed by atoms with Gasteiger partial charge in [-0.15, -0.1) is 0 Å². The van der Waals surface area contributed by atoms with Gasteiger partial charge in [0, 0.05) is 22.5 Å². The number of fused-ring (bicyclic) bond motifs is 1. The van der Waals surface area contributed by atoms with Crippen molar-refractivity contribution in [2.24, 2.45) is 10.2 Å². The van der Waals surface area contributed by atoms with E-state index in [9.17, 15) is 0 Å². The summed E-state index contributed by atoms with van der Waals surface area (Å²) < 4.78 is 22.6. The molecule has 2 heterocycles. The lowest BCUT2D eigenvalue weighted by Gasteiger charge is -2.46. The Morgan fingerprint density at radius 3 is 2.46 bits per heavy atom. The van der Waals surface area contributed by atoms with Crippen molar-refractivity contribution in [1.29, 1.82) is 0 Å². The van der Waals surface area contributed by atoms with Crippen LogP contribution in [0.1, 0.15) is 11.9 Å². The minimum absolute atomic E-state index is 0.241. The molecule has 0 amide bonds. The van der Waals surface area contributed by atoms with E-state index in [1.54, 1.807) is 0 Å². The summed E-state index contributed by atoms with van der Waals surface area (Å²) in [5.74, 6) is 0. The van der Waals surface area contributed by atoms with Crippen LogP contribution in [0.25, 0.3) is 20.9 Å². The Bertz CT molecular complexity index is 660. The number of methoxy groups -OCH3 is 1. The number of benzene rings is 1. The van der Waals surface area contributed by atoms with Crippen LogP contribution in [0.5, 0.6) is 0 Å². The van der Waals surface area contributed by atoms with E-state index in [2.05, 4.69) is 20.1 Å². The summed E-state index contributed by atoms with van der Waals surface area (Å²) in [6, 6.07) is 7.81. The molecule has 0 aromatic heterocycles. The minimum atomic E-state index is -0.835. The summed E-state index contributed by atoms with van der Waals surface area (Å²) in [6.45, 7) is 0.241. The molecule has 1 aromatic rings. The summed E-state index contributed by atoms with van der Waals surface area (Å²) in [5, 5.41) is 7.44. The van der Waals surface area contributed by atoms with Crippen LogP contribution in [0.4, 0.5) is 0 Å². The van der Waals surface area contributed by atoms with E-state index in [1.807, 2.05) is 30.3 Å². The van der Waals surface area contributed by atoms with Gasteiger partial charge < -0.3 is 18.9 Å². The highest BCUT2D eigenvalue weighted by atomic mass is 16.7. The smallest absolute Gasteiger partial charge is 0.184 e. The number of hydrogen-bond donors (Lipinski definition) is 0. The van der Waals surface area contributed by atoms with Crippen LogP contribution in [-0.2, 0) is 18.9 Å². The molecule has 0 bridgehead atoms. The average Bonchev–Trinajstić information content (AvgIpc) is 2.64. The largest absolute Gasteiger partial charge is 0.355 e. The predicted molar refractivity (Wildman–Crippen MR) is 81.5 cm³/mol. The second kappa shape index (κ2) is 7.50. The van der Waals surface area contributed by atoms with Crippen LogP contribution >= 0.6 is 0 Å². The summed E-state index contributed by atoms with van der Waals surface area (Å²) in [6.07, 6.45) is -2.55. The first-order chi connectivity index (χ1) is 11.8. The van der Waals surface area contributed by atoms with Crippen molar-refractivity contribution in [1.82, 2.24) is 0 Å². The molecule has 6 atom stereocenters. The number of nitrogens with zero attached hydrogens (tertiary/aromatic N) is 6. The summed E-state index contributed by atoms with van der Waals surface area (Å²) >= 11 is 0. The molecule has 0 spiro atoms. The van der Waals surface area contributed by atoms with E-state index in [0.29, 0.717) is 0 Å². The van der Waals surface area contributed by atoms with Gasteiger partial charge in [-0.2, -0.15) is 0 Å². The van der Waals surface area contributed by atoms with Gasteiger partial charge in [0.25, 0.3) is 0 Å². The van der Waals surface area contributed by atoms with Crippen LogP contribution in [0.2, 0.25) is 0 Å². The Hall–Kier alpha value is -2.32. The molecular formula is C14H16N6O4. The van der Waals surface area contributed by atoms with Crippen molar-refractivity contribution in [3.8, 4) is 0 Å². The first kappa shape index (κ1) is 16.5. The van der Waals surface area contributed by atoms with E-state index in [0.717, 1.165) is 5.56 Å². The molecule has 0 aliphatic carbocycles. The van der Waals surface area contributed by atoms with Gasteiger partial charge in [-0.1, -0.05) is 40.6 Å². The number of ether oxygens (including phenoxy) is 4. The highest BCUT2D eigenvalue weighted by molar-refractivity contribution is 5.17. The summed E-state index contributed by atoms with van der Waals surface area (Å²) in [7, 11) is 1.43. The van der Waals surface area contributed by atoms with E-state index in [-0.39, 0.29) is 6.61 Å². The lowest BCUT2D eigenvalue weighted by Crippen LogP contribution is -2.60. The zero-order valence-electron chi connectivity index (χ0n) is 12.9. The van der Waals surface area contributed by atoms with E-state index in [4.69, 9.17) is 30.0 Å². The Morgan fingerprint density at radius 2 is 1.79 bits per heavy atom. The van der Waals surface area contributed by atoms with Crippen LogP contribution in [0, 0.1) is 0 Å². The highest BCUT2D eigenvalue weighted by Crippen LogP contribution is 2.36. The van der Waals surface area contributed by atoms with Gasteiger partial charge >= 0.3 is 0 Å². The highest BCUT2D eigenvalue weighted by Gasteiger charge is 2.49. The Labute approximate surface area is 137 Å². The molecule has 10 nitrogen and oxygen atoms in total. The fourth-order valence-electron chi connectivity index (χ4n) is 2.93. The zero-order valence-corrected chi connectivity index (χ0v) is 12.9. The molecule has 10 heteroatoms. The first-order valence-electron chi connectivity index (χ1n) is 7.37. The molecule has 0 saturated carbocycles. The third-order valence-electron chi connectivity index (χ3n) is 4.01. The summed E-state index contributed by atoms with van der Waals surface area (Å²) in [5.41, 5.74) is 18.5. The van der Waals surface area contributed by atoms with E-state index < -0.39 is 36.9 Å². The zero-order chi connectivity index (χ0) is 16.9. The Balaban J connectivity index is 1.88.